The molecule has 1 atom stereocenters. The summed E-state index contributed by atoms with van der Waals surface area (Å²) in [4.78, 5) is 12.4. The molecule has 5 heteroatoms. The number of carbonyl (C=O) groups is 1. The minimum atomic E-state index is -3.33. The number of para-hydroxylation sites is 1. The predicted molar refractivity (Wildman–Crippen MR) is 79.3 cm³/mol. The normalized spacial score (nSPS) is 18.8. The van der Waals surface area contributed by atoms with Gasteiger partial charge in [0.1, 0.15) is 0 Å². The third-order valence-electron chi connectivity index (χ3n) is 3.50. The van der Waals surface area contributed by atoms with Crippen molar-refractivity contribution in [1.82, 2.24) is 0 Å². The summed E-state index contributed by atoms with van der Waals surface area (Å²) < 4.78 is 24.0. The van der Waals surface area contributed by atoms with Crippen molar-refractivity contribution in [3.05, 3.63) is 36.4 Å². The minimum Gasteiger partial charge on any atom is -0.325 e. The van der Waals surface area contributed by atoms with Gasteiger partial charge in [0.15, 0.2) is 9.84 Å². The van der Waals surface area contributed by atoms with E-state index in [2.05, 4.69) is 11.4 Å². The first-order valence-electron chi connectivity index (χ1n) is 6.82. The van der Waals surface area contributed by atoms with Crippen LogP contribution < -0.4 is 5.32 Å². The number of hydrogen-bond acceptors (Lipinski definition) is 3. The van der Waals surface area contributed by atoms with Gasteiger partial charge in [-0.2, -0.15) is 0 Å². The summed E-state index contributed by atoms with van der Waals surface area (Å²) in [5.41, 5.74) is 0.383. The second-order valence-electron chi connectivity index (χ2n) is 4.87. The second kappa shape index (κ2) is 6.22. The molecule has 0 fully saturated rings. The Morgan fingerprint density at radius 2 is 2.05 bits per heavy atom. The first kappa shape index (κ1) is 14.8. The van der Waals surface area contributed by atoms with Crippen molar-refractivity contribution in [2.45, 2.75) is 31.1 Å². The van der Waals surface area contributed by atoms with Crippen molar-refractivity contribution in [2.24, 2.45) is 5.92 Å². The Morgan fingerprint density at radius 3 is 2.70 bits per heavy atom. The van der Waals surface area contributed by atoms with Crippen LogP contribution in [0.5, 0.6) is 0 Å². The molecule has 20 heavy (non-hydrogen) atoms. The lowest BCUT2D eigenvalue weighted by atomic mass is 9.93. The summed E-state index contributed by atoms with van der Waals surface area (Å²) in [7, 11) is -3.33. The summed E-state index contributed by atoms with van der Waals surface area (Å²) in [5, 5.41) is 2.77. The number of sulfone groups is 1. The van der Waals surface area contributed by atoms with Gasteiger partial charge in [0.25, 0.3) is 0 Å². The monoisotopic (exact) mass is 293 g/mol. The lowest BCUT2D eigenvalue weighted by Gasteiger charge is -2.18. The number of nitrogens with one attached hydrogen (secondary N) is 1. The fourth-order valence-electron chi connectivity index (χ4n) is 2.26. The van der Waals surface area contributed by atoms with E-state index in [1.165, 1.54) is 6.07 Å². The minimum absolute atomic E-state index is 0.0199. The zero-order valence-electron chi connectivity index (χ0n) is 11.5. The lowest BCUT2D eigenvalue weighted by Crippen LogP contribution is -2.24. The highest BCUT2D eigenvalue weighted by Gasteiger charge is 2.22. The molecule has 0 heterocycles. The van der Waals surface area contributed by atoms with Crippen LogP contribution in [0.4, 0.5) is 5.69 Å². The Balaban J connectivity index is 2.21. The van der Waals surface area contributed by atoms with Gasteiger partial charge < -0.3 is 5.32 Å². The molecule has 0 unspecified atom stereocenters. The van der Waals surface area contributed by atoms with E-state index in [9.17, 15) is 13.2 Å². The van der Waals surface area contributed by atoms with E-state index in [1.54, 1.807) is 25.1 Å². The summed E-state index contributed by atoms with van der Waals surface area (Å²) in [6.07, 6.45) is 6.49. The van der Waals surface area contributed by atoms with Gasteiger partial charge in [-0.05, 0) is 31.4 Å². The molecule has 1 aromatic rings. The van der Waals surface area contributed by atoms with E-state index in [1.807, 2.05) is 6.08 Å². The van der Waals surface area contributed by atoms with Gasteiger partial charge in [-0.1, -0.05) is 31.2 Å². The van der Waals surface area contributed by atoms with Crippen molar-refractivity contribution in [3.8, 4) is 0 Å². The van der Waals surface area contributed by atoms with Crippen molar-refractivity contribution in [3.63, 3.8) is 0 Å². The van der Waals surface area contributed by atoms with E-state index in [4.69, 9.17) is 0 Å². The van der Waals surface area contributed by atoms with Gasteiger partial charge >= 0.3 is 0 Å². The molecular weight excluding hydrogens is 274 g/mol. The first-order valence-corrected chi connectivity index (χ1v) is 8.47. The summed E-state index contributed by atoms with van der Waals surface area (Å²) in [5.74, 6) is -0.156. The molecule has 4 nitrogen and oxygen atoms in total. The molecule has 108 valence electrons. The van der Waals surface area contributed by atoms with Crippen LogP contribution in [0.15, 0.2) is 41.3 Å². The van der Waals surface area contributed by atoms with Crippen LogP contribution in [0, 0.1) is 5.92 Å². The molecule has 0 aromatic heterocycles. The highest BCUT2D eigenvalue weighted by Crippen LogP contribution is 2.25. The molecule has 0 saturated carbocycles. The number of amides is 1. The number of rotatable bonds is 4. The van der Waals surface area contributed by atoms with E-state index < -0.39 is 9.84 Å². The maximum atomic E-state index is 12.2. The molecule has 0 spiro atoms. The molecule has 1 amide bonds. The van der Waals surface area contributed by atoms with Crippen LogP contribution in [0.1, 0.15) is 26.2 Å². The Bertz CT molecular complexity index is 620. The van der Waals surface area contributed by atoms with E-state index >= 15 is 0 Å². The molecule has 0 aliphatic heterocycles. The molecular formula is C15H19NO3S. The Labute approximate surface area is 119 Å². The third kappa shape index (κ3) is 3.28. The number of allylic oxidation sites excluding steroid dienone is 2. The van der Waals surface area contributed by atoms with Crippen LogP contribution in [0.3, 0.4) is 0 Å². The van der Waals surface area contributed by atoms with Crippen molar-refractivity contribution >= 4 is 21.4 Å². The van der Waals surface area contributed by atoms with Crippen LogP contribution in [-0.4, -0.2) is 20.1 Å². The lowest BCUT2D eigenvalue weighted by molar-refractivity contribution is -0.120. The molecule has 0 radical (unpaired) electrons. The molecule has 1 aromatic carbocycles. The summed E-state index contributed by atoms with van der Waals surface area (Å²) in [6, 6.07) is 6.57. The van der Waals surface area contributed by atoms with Gasteiger partial charge in [-0.3, -0.25) is 4.79 Å². The van der Waals surface area contributed by atoms with E-state index in [0.717, 1.165) is 12.8 Å². The maximum Gasteiger partial charge on any atom is 0.227 e. The zero-order chi connectivity index (χ0) is 14.6. The summed E-state index contributed by atoms with van der Waals surface area (Å²) in [6.45, 7) is 1.60. The van der Waals surface area contributed by atoms with Gasteiger partial charge in [0.2, 0.25) is 5.91 Å². The van der Waals surface area contributed by atoms with Crippen LogP contribution in [-0.2, 0) is 14.6 Å². The topological polar surface area (TPSA) is 63.2 Å². The van der Waals surface area contributed by atoms with E-state index in [0.29, 0.717) is 12.1 Å². The van der Waals surface area contributed by atoms with Crippen molar-refractivity contribution in [2.75, 3.05) is 11.1 Å². The molecule has 1 N–H and O–H groups in total. The standard InChI is InChI=1S/C15H19NO3S/c1-2-20(18,19)14-11-7-6-10-13(14)16-15(17)12-8-4-3-5-9-12/h3-4,6-7,10-12H,2,5,8-9H2,1H3,(H,16,17)/t12-/m0/s1. The Morgan fingerprint density at radius 1 is 1.30 bits per heavy atom. The van der Waals surface area contributed by atoms with Crippen LogP contribution in [0.2, 0.25) is 0 Å². The van der Waals surface area contributed by atoms with Crippen LogP contribution in [0.25, 0.3) is 0 Å². The largest absolute Gasteiger partial charge is 0.325 e. The first-order chi connectivity index (χ1) is 9.54. The SMILES string of the molecule is CCS(=O)(=O)c1ccccc1NC(=O)[C@H]1CC=CCC1. The number of carbonyl (C=O) groups excluding carboxylic acids is 1. The molecule has 1 aliphatic carbocycles. The van der Waals surface area contributed by atoms with Gasteiger partial charge in [-0.25, -0.2) is 8.42 Å². The Hall–Kier alpha value is -1.62. The average molecular weight is 293 g/mol. The Kier molecular flexibility index (Phi) is 4.60. The average Bonchev–Trinajstić information content (AvgIpc) is 2.48. The van der Waals surface area contributed by atoms with Gasteiger partial charge in [-0.15, -0.1) is 0 Å². The fourth-order valence-corrected chi connectivity index (χ4v) is 3.31. The number of anilines is 1. The highest BCUT2D eigenvalue weighted by molar-refractivity contribution is 7.91. The number of hydrogen-bond donors (Lipinski definition) is 1. The summed E-state index contributed by atoms with van der Waals surface area (Å²) >= 11 is 0. The maximum absolute atomic E-state index is 12.2. The number of benzene rings is 1. The second-order valence-corrected chi connectivity index (χ2v) is 7.12. The van der Waals surface area contributed by atoms with Crippen molar-refractivity contribution < 1.29 is 13.2 Å². The molecule has 1 aliphatic rings. The molecule has 0 bridgehead atoms. The molecule has 0 saturated heterocycles. The highest BCUT2D eigenvalue weighted by atomic mass is 32.2. The predicted octanol–water partition coefficient (Wildman–Crippen LogP) is 2.78. The quantitative estimate of drug-likeness (QED) is 0.868. The van der Waals surface area contributed by atoms with Crippen LogP contribution >= 0.6 is 0 Å². The van der Waals surface area contributed by atoms with Gasteiger partial charge in [0.05, 0.1) is 16.3 Å². The van der Waals surface area contributed by atoms with Gasteiger partial charge in [0, 0.05) is 5.92 Å². The van der Waals surface area contributed by atoms with Crippen molar-refractivity contribution in [1.29, 1.82) is 0 Å². The fraction of sp³-hybridized carbons (Fsp3) is 0.400. The molecule has 2 rings (SSSR count). The smallest absolute Gasteiger partial charge is 0.227 e. The zero-order valence-corrected chi connectivity index (χ0v) is 12.3. The third-order valence-corrected chi connectivity index (χ3v) is 5.29. The van der Waals surface area contributed by atoms with E-state index in [-0.39, 0.29) is 22.5 Å².